The number of urea groups is 1. The average molecular weight is 299 g/mol. The number of carbonyl (C=O) groups is 1. The van der Waals surface area contributed by atoms with Crippen LogP contribution in [0.4, 0.5) is 15.0 Å². The van der Waals surface area contributed by atoms with Crippen molar-refractivity contribution in [3.8, 4) is 11.1 Å². The van der Waals surface area contributed by atoms with Crippen LogP contribution in [0.1, 0.15) is 19.4 Å². The molecule has 2 aromatic rings. The van der Waals surface area contributed by atoms with Gasteiger partial charge in [0.1, 0.15) is 11.6 Å². The summed E-state index contributed by atoms with van der Waals surface area (Å²) in [7, 11) is 0. The molecule has 0 bridgehead atoms. The van der Waals surface area contributed by atoms with E-state index in [0.717, 1.165) is 16.7 Å². The van der Waals surface area contributed by atoms with Crippen LogP contribution in [-0.4, -0.2) is 23.1 Å². The van der Waals surface area contributed by atoms with E-state index in [1.165, 1.54) is 12.1 Å². The number of nitrogens with one attached hydrogen (secondary N) is 1. The first-order valence-electron chi connectivity index (χ1n) is 7.18. The molecular formula is C17H18FN3O. The molecule has 2 heterocycles. The molecule has 114 valence electrons. The highest BCUT2D eigenvalue weighted by Crippen LogP contribution is 2.28. The zero-order valence-corrected chi connectivity index (χ0v) is 12.9. The summed E-state index contributed by atoms with van der Waals surface area (Å²) in [5, 5.41) is 2.92. The van der Waals surface area contributed by atoms with E-state index in [9.17, 15) is 9.18 Å². The predicted octanol–water partition coefficient (Wildman–Crippen LogP) is 3.50. The van der Waals surface area contributed by atoms with Gasteiger partial charge in [0.15, 0.2) is 0 Å². The maximum absolute atomic E-state index is 13.3. The van der Waals surface area contributed by atoms with Crippen LogP contribution in [0.15, 0.2) is 36.5 Å². The molecular weight excluding hydrogens is 281 g/mol. The molecule has 0 saturated carbocycles. The fourth-order valence-corrected chi connectivity index (χ4v) is 2.71. The summed E-state index contributed by atoms with van der Waals surface area (Å²) in [6.07, 6.45) is 1.68. The van der Waals surface area contributed by atoms with Gasteiger partial charge >= 0.3 is 6.03 Å². The van der Waals surface area contributed by atoms with Gasteiger partial charge in [-0.05, 0) is 50.1 Å². The Hall–Kier alpha value is -2.43. The first-order chi connectivity index (χ1) is 10.4. The molecule has 22 heavy (non-hydrogen) atoms. The maximum Gasteiger partial charge on any atom is 0.323 e. The Morgan fingerprint density at radius 1 is 1.27 bits per heavy atom. The van der Waals surface area contributed by atoms with Gasteiger partial charge in [-0.3, -0.25) is 4.90 Å². The molecule has 1 N–H and O–H groups in total. The molecule has 0 atom stereocenters. The molecule has 1 aliphatic heterocycles. The number of amides is 2. The van der Waals surface area contributed by atoms with Crippen LogP contribution in [0.5, 0.6) is 0 Å². The number of carbonyl (C=O) groups excluding carboxylic acids is 1. The van der Waals surface area contributed by atoms with Crippen molar-refractivity contribution in [1.29, 1.82) is 0 Å². The SMILES string of the molecule is Cc1cc(-c2cccc(F)c2)cnc1N1CC(C)(C)NC1=O. The van der Waals surface area contributed by atoms with E-state index in [2.05, 4.69) is 10.3 Å². The van der Waals surface area contributed by atoms with Crippen LogP contribution in [-0.2, 0) is 0 Å². The fourth-order valence-electron chi connectivity index (χ4n) is 2.71. The van der Waals surface area contributed by atoms with Crippen LogP contribution < -0.4 is 10.2 Å². The van der Waals surface area contributed by atoms with Gasteiger partial charge in [0.25, 0.3) is 0 Å². The van der Waals surface area contributed by atoms with Crippen LogP contribution >= 0.6 is 0 Å². The molecule has 2 amide bonds. The molecule has 1 fully saturated rings. The van der Waals surface area contributed by atoms with Gasteiger partial charge < -0.3 is 5.32 Å². The predicted molar refractivity (Wildman–Crippen MR) is 84.3 cm³/mol. The quantitative estimate of drug-likeness (QED) is 0.922. The highest BCUT2D eigenvalue weighted by Gasteiger charge is 2.36. The third-order valence-electron chi connectivity index (χ3n) is 3.71. The number of aromatic nitrogens is 1. The second-order valence-corrected chi connectivity index (χ2v) is 6.28. The summed E-state index contributed by atoms with van der Waals surface area (Å²) < 4.78 is 13.3. The van der Waals surface area contributed by atoms with Crippen LogP contribution in [0.3, 0.4) is 0 Å². The summed E-state index contributed by atoms with van der Waals surface area (Å²) in [6, 6.07) is 8.18. The van der Waals surface area contributed by atoms with Crippen LogP contribution in [0, 0.1) is 12.7 Å². The number of halogens is 1. The number of aryl methyl sites for hydroxylation is 1. The van der Waals surface area contributed by atoms with Gasteiger partial charge in [0.05, 0.1) is 12.1 Å². The van der Waals surface area contributed by atoms with E-state index < -0.39 is 0 Å². The third-order valence-corrected chi connectivity index (χ3v) is 3.71. The van der Waals surface area contributed by atoms with Crippen molar-refractivity contribution in [2.75, 3.05) is 11.4 Å². The summed E-state index contributed by atoms with van der Waals surface area (Å²) >= 11 is 0. The summed E-state index contributed by atoms with van der Waals surface area (Å²) in [6.45, 7) is 6.42. The van der Waals surface area contributed by atoms with Crippen molar-refractivity contribution in [3.05, 3.63) is 47.9 Å². The molecule has 0 unspecified atom stereocenters. The van der Waals surface area contributed by atoms with E-state index in [1.54, 1.807) is 17.2 Å². The van der Waals surface area contributed by atoms with E-state index in [1.807, 2.05) is 32.9 Å². The van der Waals surface area contributed by atoms with E-state index >= 15 is 0 Å². The molecule has 4 nitrogen and oxygen atoms in total. The summed E-state index contributed by atoms with van der Waals surface area (Å²) in [5.41, 5.74) is 2.22. The van der Waals surface area contributed by atoms with E-state index in [0.29, 0.717) is 12.4 Å². The van der Waals surface area contributed by atoms with Crippen LogP contribution in [0.25, 0.3) is 11.1 Å². The standard InChI is InChI=1S/C17H18FN3O/c1-11-7-13(12-5-4-6-14(18)8-12)9-19-15(11)21-10-17(2,3)20-16(21)22/h4-9H,10H2,1-3H3,(H,20,22). The van der Waals surface area contributed by atoms with Crippen molar-refractivity contribution in [3.63, 3.8) is 0 Å². The monoisotopic (exact) mass is 299 g/mol. The molecule has 0 aliphatic carbocycles. The minimum atomic E-state index is -0.278. The van der Waals surface area contributed by atoms with Crippen LogP contribution in [0.2, 0.25) is 0 Å². The van der Waals surface area contributed by atoms with E-state index in [-0.39, 0.29) is 17.4 Å². The number of hydrogen-bond donors (Lipinski definition) is 1. The average Bonchev–Trinajstić information content (AvgIpc) is 2.72. The smallest absolute Gasteiger partial charge is 0.323 e. The first kappa shape index (κ1) is 14.5. The molecule has 1 aromatic carbocycles. The molecule has 1 aromatic heterocycles. The zero-order valence-electron chi connectivity index (χ0n) is 12.9. The Kier molecular flexibility index (Phi) is 3.35. The fraction of sp³-hybridized carbons (Fsp3) is 0.294. The largest absolute Gasteiger partial charge is 0.331 e. The molecule has 0 radical (unpaired) electrons. The van der Waals surface area contributed by atoms with Crippen molar-refractivity contribution in [2.45, 2.75) is 26.3 Å². The molecule has 3 rings (SSSR count). The number of pyridine rings is 1. The Labute approximate surface area is 129 Å². The zero-order chi connectivity index (χ0) is 15.9. The number of anilines is 1. The molecule has 1 saturated heterocycles. The van der Waals surface area contributed by atoms with Crippen molar-refractivity contribution in [2.24, 2.45) is 0 Å². The second-order valence-electron chi connectivity index (χ2n) is 6.28. The lowest BCUT2D eigenvalue weighted by Crippen LogP contribution is -2.36. The minimum absolute atomic E-state index is 0.140. The van der Waals surface area contributed by atoms with Gasteiger partial charge in [-0.15, -0.1) is 0 Å². The molecule has 5 heteroatoms. The number of hydrogen-bond acceptors (Lipinski definition) is 2. The Morgan fingerprint density at radius 2 is 2.05 bits per heavy atom. The van der Waals surface area contributed by atoms with Crippen molar-refractivity contribution >= 4 is 11.8 Å². The Balaban J connectivity index is 1.95. The molecule has 1 aliphatic rings. The minimum Gasteiger partial charge on any atom is -0.331 e. The lowest BCUT2D eigenvalue weighted by molar-refractivity contribution is 0.248. The third kappa shape index (κ3) is 2.66. The van der Waals surface area contributed by atoms with Gasteiger partial charge in [-0.1, -0.05) is 12.1 Å². The van der Waals surface area contributed by atoms with Gasteiger partial charge in [-0.25, -0.2) is 14.2 Å². The van der Waals surface area contributed by atoms with Gasteiger partial charge in [0, 0.05) is 11.8 Å². The number of nitrogens with zero attached hydrogens (tertiary/aromatic N) is 2. The van der Waals surface area contributed by atoms with Crippen molar-refractivity contribution < 1.29 is 9.18 Å². The Morgan fingerprint density at radius 3 is 2.64 bits per heavy atom. The topological polar surface area (TPSA) is 45.2 Å². The van der Waals surface area contributed by atoms with Gasteiger partial charge in [-0.2, -0.15) is 0 Å². The highest BCUT2D eigenvalue weighted by molar-refractivity contribution is 5.95. The van der Waals surface area contributed by atoms with Crippen molar-refractivity contribution in [1.82, 2.24) is 10.3 Å². The molecule has 0 spiro atoms. The van der Waals surface area contributed by atoms with E-state index in [4.69, 9.17) is 0 Å². The highest BCUT2D eigenvalue weighted by atomic mass is 19.1. The number of rotatable bonds is 2. The Bertz CT molecular complexity index is 742. The second kappa shape index (κ2) is 5.09. The lowest BCUT2D eigenvalue weighted by atomic mass is 10.1. The lowest BCUT2D eigenvalue weighted by Gasteiger charge is -2.19. The summed E-state index contributed by atoms with van der Waals surface area (Å²) in [5.74, 6) is 0.364. The van der Waals surface area contributed by atoms with Gasteiger partial charge in [0.2, 0.25) is 0 Å². The summed E-state index contributed by atoms with van der Waals surface area (Å²) in [4.78, 5) is 18.1. The number of benzene rings is 1. The maximum atomic E-state index is 13.3. The first-order valence-corrected chi connectivity index (χ1v) is 7.18. The normalized spacial score (nSPS) is 16.7.